The van der Waals surface area contributed by atoms with Gasteiger partial charge in [0.1, 0.15) is 0 Å². The van der Waals surface area contributed by atoms with Crippen LogP contribution in [0.25, 0.3) is 0 Å². The van der Waals surface area contributed by atoms with Crippen LogP contribution in [0, 0.1) is 6.92 Å². The van der Waals surface area contributed by atoms with Gasteiger partial charge in [0.15, 0.2) is 0 Å². The standard InChI is InChI=1S/C15H21N3O2S/c1-12-4-6-13(7-5-12)9-17-21(19,20)15-8-14(10-16-2)18(3)11-15/h4-8,11,16-17H,9-10H2,1-3H3. The second-order valence-corrected chi connectivity index (χ2v) is 6.89. The monoisotopic (exact) mass is 307 g/mol. The van der Waals surface area contributed by atoms with Crippen molar-refractivity contribution in [2.24, 2.45) is 7.05 Å². The van der Waals surface area contributed by atoms with Crippen LogP contribution >= 0.6 is 0 Å². The molecule has 0 bridgehead atoms. The smallest absolute Gasteiger partial charge is 0.242 e. The molecule has 0 radical (unpaired) electrons. The maximum atomic E-state index is 12.3. The van der Waals surface area contributed by atoms with Gasteiger partial charge in [-0.25, -0.2) is 13.1 Å². The van der Waals surface area contributed by atoms with Gasteiger partial charge in [0, 0.05) is 32.0 Å². The molecule has 114 valence electrons. The largest absolute Gasteiger partial charge is 0.352 e. The molecule has 0 atom stereocenters. The lowest BCUT2D eigenvalue weighted by Gasteiger charge is -2.05. The van der Waals surface area contributed by atoms with Crippen LogP contribution in [0.5, 0.6) is 0 Å². The number of sulfonamides is 1. The normalized spacial score (nSPS) is 11.8. The van der Waals surface area contributed by atoms with Gasteiger partial charge in [0.05, 0.1) is 4.90 Å². The van der Waals surface area contributed by atoms with E-state index in [1.165, 1.54) is 0 Å². The predicted molar refractivity (Wildman–Crippen MR) is 83.4 cm³/mol. The first kappa shape index (κ1) is 15.8. The van der Waals surface area contributed by atoms with Crippen LogP contribution in [0.2, 0.25) is 0 Å². The summed E-state index contributed by atoms with van der Waals surface area (Å²) in [5.41, 5.74) is 3.02. The van der Waals surface area contributed by atoms with Crippen molar-refractivity contribution in [3.8, 4) is 0 Å². The summed E-state index contributed by atoms with van der Waals surface area (Å²) < 4.78 is 29.0. The number of hydrogen-bond acceptors (Lipinski definition) is 3. The molecule has 1 aromatic heterocycles. The Morgan fingerprint density at radius 1 is 1.14 bits per heavy atom. The van der Waals surface area contributed by atoms with Crippen LogP contribution in [-0.4, -0.2) is 20.0 Å². The Morgan fingerprint density at radius 2 is 1.81 bits per heavy atom. The van der Waals surface area contributed by atoms with Crippen molar-refractivity contribution in [3.05, 3.63) is 53.3 Å². The summed E-state index contributed by atoms with van der Waals surface area (Å²) in [6, 6.07) is 9.48. The number of rotatable bonds is 6. The third kappa shape index (κ3) is 3.93. The lowest BCUT2D eigenvalue weighted by molar-refractivity contribution is 0.581. The zero-order chi connectivity index (χ0) is 15.5. The zero-order valence-corrected chi connectivity index (χ0v) is 13.4. The lowest BCUT2D eigenvalue weighted by Crippen LogP contribution is -2.22. The molecule has 0 saturated carbocycles. The fraction of sp³-hybridized carbons (Fsp3) is 0.333. The van der Waals surface area contributed by atoms with Crippen molar-refractivity contribution in [1.29, 1.82) is 0 Å². The van der Waals surface area contributed by atoms with E-state index >= 15 is 0 Å². The molecule has 0 spiro atoms. The summed E-state index contributed by atoms with van der Waals surface area (Å²) >= 11 is 0. The van der Waals surface area contributed by atoms with Crippen LogP contribution in [-0.2, 0) is 30.2 Å². The highest BCUT2D eigenvalue weighted by Crippen LogP contribution is 2.14. The number of aromatic nitrogens is 1. The average Bonchev–Trinajstić information content (AvgIpc) is 2.81. The van der Waals surface area contributed by atoms with Gasteiger partial charge < -0.3 is 9.88 Å². The minimum atomic E-state index is -3.49. The molecule has 6 heteroatoms. The van der Waals surface area contributed by atoms with Crippen LogP contribution in [0.3, 0.4) is 0 Å². The molecule has 1 heterocycles. The van der Waals surface area contributed by atoms with Crippen LogP contribution < -0.4 is 10.0 Å². The Kier molecular flexibility index (Phi) is 4.82. The number of aryl methyl sites for hydroxylation is 2. The van der Waals surface area contributed by atoms with Crippen LogP contribution in [0.1, 0.15) is 16.8 Å². The molecule has 0 fully saturated rings. The van der Waals surface area contributed by atoms with Gasteiger partial charge >= 0.3 is 0 Å². The average molecular weight is 307 g/mol. The fourth-order valence-electron chi connectivity index (χ4n) is 2.05. The van der Waals surface area contributed by atoms with Crippen molar-refractivity contribution in [3.63, 3.8) is 0 Å². The van der Waals surface area contributed by atoms with Crippen molar-refractivity contribution in [2.75, 3.05) is 7.05 Å². The van der Waals surface area contributed by atoms with Crippen molar-refractivity contribution in [2.45, 2.75) is 24.9 Å². The second-order valence-electron chi connectivity index (χ2n) is 5.12. The van der Waals surface area contributed by atoms with Crippen molar-refractivity contribution >= 4 is 10.0 Å². The topological polar surface area (TPSA) is 63.1 Å². The van der Waals surface area contributed by atoms with Gasteiger partial charge in [-0.05, 0) is 25.6 Å². The van der Waals surface area contributed by atoms with E-state index in [4.69, 9.17) is 0 Å². The quantitative estimate of drug-likeness (QED) is 0.851. The Hall–Kier alpha value is -1.63. The van der Waals surface area contributed by atoms with E-state index in [1.807, 2.05) is 49.9 Å². The van der Waals surface area contributed by atoms with E-state index in [0.29, 0.717) is 18.0 Å². The third-order valence-corrected chi connectivity index (χ3v) is 4.71. The van der Waals surface area contributed by atoms with Crippen molar-refractivity contribution in [1.82, 2.24) is 14.6 Å². The summed E-state index contributed by atoms with van der Waals surface area (Å²) in [5, 5.41) is 3.02. The van der Waals surface area contributed by atoms with Crippen molar-refractivity contribution < 1.29 is 8.42 Å². The highest BCUT2D eigenvalue weighted by molar-refractivity contribution is 7.89. The first-order valence-corrected chi connectivity index (χ1v) is 8.26. The molecule has 2 N–H and O–H groups in total. The first-order chi connectivity index (χ1) is 9.92. The molecular weight excluding hydrogens is 286 g/mol. The van der Waals surface area contributed by atoms with E-state index in [0.717, 1.165) is 16.8 Å². The Balaban J connectivity index is 2.11. The van der Waals surface area contributed by atoms with E-state index < -0.39 is 10.0 Å². The highest BCUT2D eigenvalue weighted by Gasteiger charge is 2.17. The number of nitrogens with zero attached hydrogens (tertiary/aromatic N) is 1. The van der Waals surface area contributed by atoms with Gasteiger partial charge in [-0.2, -0.15) is 0 Å². The second kappa shape index (κ2) is 6.43. The summed E-state index contributed by atoms with van der Waals surface area (Å²) in [5.74, 6) is 0. The molecule has 1 aromatic carbocycles. The maximum Gasteiger partial charge on any atom is 0.242 e. The third-order valence-electron chi connectivity index (χ3n) is 3.34. The van der Waals surface area contributed by atoms with E-state index in [9.17, 15) is 8.42 Å². The minimum absolute atomic E-state index is 0.291. The summed E-state index contributed by atoms with van der Waals surface area (Å²) in [7, 11) is 0.182. The number of hydrogen-bond donors (Lipinski definition) is 2. The number of benzene rings is 1. The van der Waals surface area contributed by atoms with Gasteiger partial charge in [-0.15, -0.1) is 0 Å². The van der Waals surface area contributed by atoms with Gasteiger partial charge in [0.2, 0.25) is 10.0 Å². The van der Waals surface area contributed by atoms with E-state index in [2.05, 4.69) is 10.0 Å². The first-order valence-electron chi connectivity index (χ1n) is 6.77. The molecule has 0 unspecified atom stereocenters. The molecule has 0 amide bonds. The Labute approximate surface area is 126 Å². The van der Waals surface area contributed by atoms with Crippen LogP contribution in [0.15, 0.2) is 41.4 Å². The summed E-state index contributed by atoms with van der Waals surface area (Å²) in [4.78, 5) is 0.294. The lowest BCUT2D eigenvalue weighted by atomic mass is 10.2. The van der Waals surface area contributed by atoms with E-state index in [1.54, 1.807) is 12.3 Å². The van der Waals surface area contributed by atoms with Gasteiger partial charge in [-0.1, -0.05) is 29.8 Å². The summed E-state index contributed by atoms with van der Waals surface area (Å²) in [6.45, 7) is 2.92. The highest BCUT2D eigenvalue weighted by atomic mass is 32.2. The van der Waals surface area contributed by atoms with Crippen LogP contribution in [0.4, 0.5) is 0 Å². The molecule has 0 aliphatic carbocycles. The summed E-state index contributed by atoms with van der Waals surface area (Å²) in [6.07, 6.45) is 1.63. The van der Waals surface area contributed by atoms with E-state index in [-0.39, 0.29) is 0 Å². The SMILES string of the molecule is CNCc1cc(S(=O)(=O)NCc2ccc(C)cc2)cn1C. The molecule has 5 nitrogen and oxygen atoms in total. The minimum Gasteiger partial charge on any atom is -0.352 e. The Bertz CT molecular complexity index is 703. The predicted octanol–water partition coefficient (Wildman–Crippen LogP) is 1.53. The molecular formula is C15H21N3O2S. The number of nitrogens with one attached hydrogen (secondary N) is 2. The Morgan fingerprint density at radius 3 is 2.43 bits per heavy atom. The molecule has 21 heavy (non-hydrogen) atoms. The maximum absolute atomic E-state index is 12.3. The van der Waals surface area contributed by atoms with Gasteiger partial charge in [-0.3, -0.25) is 0 Å². The zero-order valence-electron chi connectivity index (χ0n) is 12.6. The molecule has 0 aliphatic heterocycles. The molecule has 0 saturated heterocycles. The molecule has 0 aliphatic rings. The molecule has 2 rings (SSSR count). The molecule has 2 aromatic rings. The van der Waals surface area contributed by atoms with Gasteiger partial charge in [0.25, 0.3) is 0 Å². The fourth-order valence-corrected chi connectivity index (χ4v) is 3.16.